The molecule has 0 saturated carbocycles. The van der Waals surface area contributed by atoms with Crippen molar-refractivity contribution in [3.8, 4) is 5.75 Å². The van der Waals surface area contributed by atoms with E-state index in [9.17, 15) is 9.18 Å². The minimum absolute atomic E-state index is 0.136. The Hall–Kier alpha value is -1.60. The molecule has 106 valence electrons. The third-order valence-corrected chi connectivity index (χ3v) is 3.66. The zero-order valence-electron chi connectivity index (χ0n) is 10.8. The Kier molecular flexibility index (Phi) is 5.37. The number of nitrogens with zero attached hydrogens (tertiary/aromatic N) is 1. The van der Waals surface area contributed by atoms with Crippen molar-refractivity contribution >= 4 is 34.1 Å². The number of carbonyl (C=O) groups is 1. The number of carbonyl (C=O) groups excluding carboxylic acids is 1. The second kappa shape index (κ2) is 7.25. The van der Waals surface area contributed by atoms with Crippen molar-refractivity contribution in [2.75, 3.05) is 18.2 Å². The van der Waals surface area contributed by atoms with Gasteiger partial charge in [0.2, 0.25) is 0 Å². The predicted molar refractivity (Wildman–Crippen MR) is 79.9 cm³/mol. The van der Waals surface area contributed by atoms with Gasteiger partial charge in [-0.3, -0.25) is 10.1 Å². The number of rotatable bonds is 6. The Bertz CT molecular complexity index is 572. The van der Waals surface area contributed by atoms with Crippen LogP contribution in [0.5, 0.6) is 5.75 Å². The molecule has 1 amide bonds. The molecule has 0 aliphatic heterocycles. The average molecular weight is 312 g/mol. The van der Waals surface area contributed by atoms with E-state index in [-0.39, 0.29) is 18.3 Å². The quantitative estimate of drug-likeness (QED) is 0.890. The summed E-state index contributed by atoms with van der Waals surface area (Å²) in [6.45, 7) is -0.136. The lowest BCUT2D eigenvalue weighted by molar-refractivity contribution is -0.118. The second-order valence-electron chi connectivity index (χ2n) is 3.87. The molecule has 0 aliphatic carbocycles. The largest absolute Gasteiger partial charge is 0.484 e. The number of hydrogen-bond acceptors (Lipinski definition) is 5. The number of halogens is 1. The molecule has 0 spiro atoms. The minimum atomic E-state index is -0.342. The van der Waals surface area contributed by atoms with Crippen LogP contribution in [0.25, 0.3) is 0 Å². The predicted octanol–water partition coefficient (Wildman–Crippen LogP) is 3.16. The fraction of sp³-hybridized carbons (Fsp3) is 0.231. The van der Waals surface area contributed by atoms with E-state index in [1.54, 1.807) is 11.8 Å². The number of thiazole rings is 1. The third kappa shape index (κ3) is 4.50. The maximum Gasteiger partial charge on any atom is 0.264 e. The van der Waals surface area contributed by atoms with Crippen LogP contribution in [0.15, 0.2) is 29.6 Å². The fourth-order valence-electron chi connectivity index (χ4n) is 1.41. The summed E-state index contributed by atoms with van der Waals surface area (Å²) < 4.78 is 17.9. The van der Waals surface area contributed by atoms with Gasteiger partial charge in [-0.25, -0.2) is 9.37 Å². The molecule has 7 heteroatoms. The van der Waals surface area contributed by atoms with Crippen LogP contribution in [-0.2, 0) is 10.5 Å². The van der Waals surface area contributed by atoms with E-state index >= 15 is 0 Å². The van der Waals surface area contributed by atoms with E-state index in [4.69, 9.17) is 4.74 Å². The first-order valence-electron chi connectivity index (χ1n) is 5.79. The summed E-state index contributed by atoms with van der Waals surface area (Å²) in [7, 11) is 0. The Balaban J connectivity index is 1.81. The minimum Gasteiger partial charge on any atom is -0.484 e. The Labute approximate surface area is 124 Å². The first-order chi connectivity index (χ1) is 9.67. The molecule has 0 saturated heterocycles. The van der Waals surface area contributed by atoms with Gasteiger partial charge in [-0.05, 0) is 30.5 Å². The number of hydrogen-bond donors (Lipinski definition) is 1. The number of nitrogens with one attached hydrogen (secondary N) is 1. The van der Waals surface area contributed by atoms with Crippen molar-refractivity contribution in [3.63, 3.8) is 0 Å². The highest BCUT2D eigenvalue weighted by Gasteiger charge is 2.07. The van der Waals surface area contributed by atoms with Gasteiger partial charge in [0.15, 0.2) is 11.7 Å². The number of benzene rings is 1. The molecule has 1 aromatic carbocycles. The van der Waals surface area contributed by atoms with Gasteiger partial charge in [0, 0.05) is 11.1 Å². The van der Waals surface area contributed by atoms with Crippen LogP contribution in [0.3, 0.4) is 0 Å². The SMILES string of the molecule is CSCc1csc(NC(=O)COc2ccc(F)cc2)n1. The summed E-state index contributed by atoms with van der Waals surface area (Å²) >= 11 is 3.05. The van der Waals surface area contributed by atoms with Crippen LogP contribution in [0.2, 0.25) is 0 Å². The van der Waals surface area contributed by atoms with Gasteiger partial charge in [-0.15, -0.1) is 11.3 Å². The Morgan fingerprint density at radius 3 is 2.90 bits per heavy atom. The van der Waals surface area contributed by atoms with Gasteiger partial charge in [0.1, 0.15) is 11.6 Å². The van der Waals surface area contributed by atoms with Crippen LogP contribution >= 0.6 is 23.1 Å². The zero-order chi connectivity index (χ0) is 14.4. The number of thioether (sulfide) groups is 1. The van der Waals surface area contributed by atoms with Gasteiger partial charge < -0.3 is 4.74 Å². The molecule has 2 rings (SSSR count). The third-order valence-electron chi connectivity index (χ3n) is 2.27. The lowest BCUT2D eigenvalue weighted by Gasteiger charge is -2.05. The Morgan fingerprint density at radius 2 is 2.20 bits per heavy atom. The van der Waals surface area contributed by atoms with E-state index in [0.717, 1.165) is 11.4 Å². The van der Waals surface area contributed by atoms with Crippen LogP contribution in [0.1, 0.15) is 5.69 Å². The summed E-state index contributed by atoms with van der Waals surface area (Å²) in [6, 6.07) is 5.51. The molecule has 1 heterocycles. The van der Waals surface area contributed by atoms with E-state index in [1.807, 2.05) is 11.6 Å². The maximum absolute atomic E-state index is 12.7. The highest BCUT2D eigenvalue weighted by molar-refractivity contribution is 7.97. The average Bonchev–Trinajstić information content (AvgIpc) is 2.86. The van der Waals surface area contributed by atoms with Crippen molar-refractivity contribution in [2.45, 2.75) is 5.75 Å². The van der Waals surface area contributed by atoms with Crippen LogP contribution in [0.4, 0.5) is 9.52 Å². The topological polar surface area (TPSA) is 51.2 Å². The highest BCUT2D eigenvalue weighted by atomic mass is 32.2. The number of anilines is 1. The first-order valence-corrected chi connectivity index (χ1v) is 8.06. The standard InChI is InChI=1S/C13H13FN2O2S2/c1-19-7-10-8-20-13(15-10)16-12(17)6-18-11-4-2-9(14)3-5-11/h2-5,8H,6-7H2,1H3,(H,15,16,17). The molecule has 2 aromatic rings. The summed E-state index contributed by atoms with van der Waals surface area (Å²) in [5, 5.41) is 5.13. The summed E-state index contributed by atoms with van der Waals surface area (Å²) in [5.74, 6) is 0.632. The van der Waals surface area contributed by atoms with E-state index in [1.165, 1.54) is 35.6 Å². The van der Waals surface area contributed by atoms with E-state index < -0.39 is 0 Å². The smallest absolute Gasteiger partial charge is 0.264 e. The molecular formula is C13H13FN2O2S2. The second-order valence-corrected chi connectivity index (χ2v) is 5.59. The lowest BCUT2D eigenvalue weighted by atomic mass is 10.3. The van der Waals surface area contributed by atoms with Crippen LogP contribution in [-0.4, -0.2) is 23.8 Å². The zero-order valence-corrected chi connectivity index (χ0v) is 12.4. The van der Waals surface area contributed by atoms with Gasteiger partial charge >= 0.3 is 0 Å². The molecule has 0 fully saturated rings. The van der Waals surface area contributed by atoms with Gasteiger partial charge in [-0.2, -0.15) is 11.8 Å². The molecule has 0 unspecified atom stereocenters. The normalized spacial score (nSPS) is 10.3. The van der Waals surface area contributed by atoms with Crippen molar-refractivity contribution < 1.29 is 13.9 Å². The van der Waals surface area contributed by atoms with Gasteiger partial charge in [0.25, 0.3) is 5.91 Å². The molecule has 0 radical (unpaired) electrons. The molecule has 0 atom stereocenters. The fourth-order valence-corrected chi connectivity index (χ4v) is 2.69. The lowest BCUT2D eigenvalue weighted by Crippen LogP contribution is -2.20. The molecule has 20 heavy (non-hydrogen) atoms. The summed E-state index contributed by atoms with van der Waals surface area (Å²) in [6.07, 6.45) is 1.99. The molecule has 0 aliphatic rings. The first kappa shape index (κ1) is 14.8. The maximum atomic E-state index is 12.7. The molecule has 1 N–H and O–H groups in total. The number of amides is 1. The summed E-state index contributed by atoms with van der Waals surface area (Å²) in [4.78, 5) is 15.9. The Morgan fingerprint density at radius 1 is 1.45 bits per heavy atom. The van der Waals surface area contributed by atoms with Crippen molar-refractivity contribution in [1.29, 1.82) is 0 Å². The monoisotopic (exact) mass is 312 g/mol. The van der Waals surface area contributed by atoms with Crippen LogP contribution < -0.4 is 10.1 Å². The molecule has 4 nitrogen and oxygen atoms in total. The van der Waals surface area contributed by atoms with Crippen molar-refractivity contribution in [1.82, 2.24) is 4.98 Å². The molecule has 0 bridgehead atoms. The van der Waals surface area contributed by atoms with Gasteiger partial charge in [0.05, 0.1) is 5.69 Å². The number of aromatic nitrogens is 1. The van der Waals surface area contributed by atoms with Crippen LogP contribution in [0, 0.1) is 5.82 Å². The summed E-state index contributed by atoms with van der Waals surface area (Å²) in [5.41, 5.74) is 0.942. The highest BCUT2D eigenvalue weighted by Crippen LogP contribution is 2.18. The van der Waals surface area contributed by atoms with E-state index in [2.05, 4.69) is 10.3 Å². The molecular weight excluding hydrogens is 299 g/mol. The van der Waals surface area contributed by atoms with Crippen molar-refractivity contribution in [2.24, 2.45) is 0 Å². The molecule has 1 aromatic heterocycles. The number of ether oxygens (including phenoxy) is 1. The van der Waals surface area contributed by atoms with E-state index in [0.29, 0.717) is 10.9 Å². The van der Waals surface area contributed by atoms with Gasteiger partial charge in [-0.1, -0.05) is 0 Å². The van der Waals surface area contributed by atoms with Crippen molar-refractivity contribution in [3.05, 3.63) is 41.2 Å².